The predicted octanol–water partition coefficient (Wildman–Crippen LogP) is 1.52. The number of benzene rings is 1. The smallest absolute Gasteiger partial charge is 0.328 e. The van der Waals surface area contributed by atoms with Crippen LogP contribution in [0.4, 0.5) is 0 Å². The molecule has 1 aliphatic heterocycles. The average molecular weight is 205 g/mol. The Hall–Kier alpha value is -1.35. The van der Waals surface area contributed by atoms with Gasteiger partial charge in [0.15, 0.2) is 0 Å². The number of likely N-dealkylation sites (N-methyl/N-ethyl adjacent to an activating group) is 1. The van der Waals surface area contributed by atoms with Gasteiger partial charge < -0.3 is 4.74 Å². The van der Waals surface area contributed by atoms with Crippen LogP contribution in [0.5, 0.6) is 0 Å². The van der Waals surface area contributed by atoms with Gasteiger partial charge in [-0.25, -0.2) is 4.79 Å². The normalized spacial score (nSPS) is 22.5. The molecule has 1 atom stereocenters. The third kappa shape index (κ3) is 2.02. The van der Waals surface area contributed by atoms with Crippen molar-refractivity contribution in [3.8, 4) is 0 Å². The Labute approximate surface area is 89.7 Å². The molecule has 1 unspecified atom stereocenters. The van der Waals surface area contributed by atoms with Crippen molar-refractivity contribution in [2.75, 3.05) is 20.2 Å². The summed E-state index contributed by atoms with van der Waals surface area (Å²) < 4.78 is 5.06. The molecule has 0 aliphatic carbocycles. The van der Waals surface area contributed by atoms with Gasteiger partial charge in [-0.3, -0.25) is 4.90 Å². The summed E-state index contributed by atoms with van der Waals surface area (Å²) in [6, 6.07) is 7.78. The lowest BCUT2D eigenvalue weighted by Gasteiger charge is -2.31. The summed E-state index contributed by atoms with van der Waals surface area (Å²) in [4.78, 5) is 13.7. The third-order valence-electron chi connectivity index (χ3n) is 2.75. The minimum absolute atomic E-state index is 0.146. The van der Waals surface area contributed by atoms with Crippen LogP contribution in [-0.2, 0) is 9.53 Å². The SMILES string of the molecule is Cc1ccc(C2C(=O)OCCN2C)cc1. The van der Waals surface area contributed by atoms with Gasteiger partial charge in [0.1, 0.15) is 12.6 Å². The van der Waals surface area contributed by atoms with Gasteiger partial charge in [-0.05, 0) is 19.5 Å². The number of morpholine rings is 1. The lowest BCUT2D eigenvalue weighted by molar-refractivity contribution is -0.156. The zero-order valence-electron chi connectivity index (χ0n) is 9.06. The molecule has 0 radical (unpaired) electrons. The Morgan fingerprint density at radius 3 is 2.60 bits per heavy atom. The quantitative estimate of drug-likeness (QED) is 0.651. The second-order valence-corrected chi connectivity index (χ2v) is 3.96. The van der Waals surface area contributed by atoms with Gasteiger partial charge >= 0.3 is 5.97 Å². The summed E-state index contributed by atoms with van der Waals surface area (Å²) in [6.07, 6.45) is 0. The fraction of sp³-hybridized carbons (Fsp3) is 0.417. The van der Waals surface area contributed by atoms with E-state index >= 15 is 0 Å². The number of ether oxygens (including phenoxy) is 1. The van der Waals surface area contributed by atoms with Crippen LogP contribution in [0.15, 0.2) is 24.3 Å². The second-order valence-electron chi connectivity index (χ2n) is 3.96. The van der Waals surface area contributed by atoms with Crippen molar-refractivity contribution in [3.05, 3.63) is 35.4 Å². The highest BCUT2D eigenvalue weighted by atomic mass is 16.5. The molecular formula is C12H15NO2. The summed E-state index contributed by atoms with van der Waals surface area (Å²) >= 11 is 0. The first kappa shape index (κ1) is 10.2. The standard InChI is InChI=1S/C12H15NO2/c1-9-3-5-10(6-4-9)11-12(14)15-8-7-13(11)2/h3-6,11H,7-8H2,1-2H3. The highest BCUT2D eigenvalue weighted by molar-refractivity contribution is 5.78. The average Bonchev–Trinajstić information content (AvgIpc) is 2.20. The first-order valence-electron chi connectivity index (χ1n) is 5.12. The van der Waals surface area contributed by atoms with Crippen LogP contribution >= 0.6 is 0 Å². The molecule has 0 N–H and O–H groups in total. The van der Waals surface area contributed by atoms with E-state index in [0.717, 1.165) is 12.1 Å². The Balaban J connectivity index is 2.27. The number of nitrogens with zero attached hydrogens (tertiary/aromatic N) is 1. The van der Waals surface area contributed by atoms with E-state index in [4.69, 9.17) is 4.74 Å². The maximum absolute atomic E-state index is 11.6. The number of cyclic esters (lactones) is 1. The van der Waals surface area contributed by atoms with Crippen molar-refractivity contribution in [1.29, 1.82) is 0 Å². The predicted molar refractivity (Wildman–Crippen MR) is 57.5 cm³/mol. The highest BCUT2D eigenvalue weighted by Crippen LogP contribution is 2.23. The molecule has 0 aromatic heterocycles. The van der Waals surface area contributed by atoms with Crippen LogP contribution in [0.25, 0.3) is 0 Å². The molecule has 80 valence electrons. The number of hydrogen-bond acceptors (Lipinski definition) is 3. The lowest BCUT2D eigenvalue weighted by Crippen LogP contribution is -2.40. The molecule has 0 bridgehead atoms. The van der Waals surface area contributed by atoms with E-state index in [1.165, 1.54) is 5.56 Å². The van der Waals surface area contributed by atoms with E-state index in [9.17, 15) is 4.79 Å². The van der Waals surface area contributed by atoms with E-state index in [0.29, 0.717) is 6.61 Å². The molecule has 3 heteroatoms. The molecule has 1 aromatic rings. The molecule has 1 heterocycles. The number of carbonyl (C=O) groups is 1. The molecule has 1 saturated heterocycles. The lowest BCUT2D eigenvalue weighted by atomic mass is 10.0. The monoisotopic (exact) mass is 205 g/mol. The summed E-state index contributed by atoms with van der Waals surface area (Å²) in [5.41, 5.74) is 2.21. The van der Waals surface area contributed by atoms with Crippen LogP contribution in [0.3, 0.4) is 0 Å². The Kier molecular flexibility index (Phi) is 2.73. The second kappa shape index (κ2) is 4.03. The fourth-order valence-electron chi connectivity index (χ4n) is 1.82. The number of hydrogen-bond donors (Lipinski definition) is 0. The maximum atomic E-state index is 11.6. The largest absolute Gasteiger partial charge is 0.463 e. The van der Waals surface area contributed by atoms with Crippen molar-refractivity contribution in [2.45, 2.75) is 13.0 Å². The van der Waals surface area contributed by atoms with Crippen LogP contribution in [0.1, 0.15) is 17.2 Å². The number of carbonyl (C=O) groups excluding carboxylic acids is 1. The summed E-state index contributed by atoms with van der Waals surface area (Å²) in [7, 11) is 1.95. The summed E-state index contributed by atoms with van der Waals surface area (Å²) in [5.74, 6) is -0.146. The van der Waals surface area contributed by atoms with Crippen LogP contribution < -0.4 is 0 Å². The van der Waals surface area contributed by atoms with Crippen molar-refractivity contribution in [2.24, 2.45) is 0 Å². The number of aryl methyl sites for hydroxylation is 1. The van der Waals surface area contributed by atoms with Crippen molar-refractivity contribution >= 4 is 5.97 Å². The summed E-state index contributed by atoms with van der Waals surface area (Å²) in [6.45, 7) is 3.33. The van der Waals surface area contributed by atoms with E-state index in [-0.39, 0.29) is 12.0 Å². The van der Waals surface area contributed by atoms with Gasteiger partial charge in [0.2, 0.25) is 0 Å². The minimum Gasteiger partial charge on any atom is -0.463 e. The Morgan fingerprint density at radius 1 is 1.33 bits per heavy atom. The van der Waals surface area contributed by atoms with E-state index in [2.05, 4.69) is 0 Å². The van der Waals surface area contributed by atoms with E-state index in [1.807, 2.05) is 43.1 Å². The Morgan fingerprint density at radius 2 is 2.00 bits per heavy atom. The fourth-order valence-corrected chi connectivity index (χ4v) is 1.82. The van der Waals surface area contributed by atoms with Crippen molar-refractivity contribution < 1.29 is 9.53 Å². The molecule has 2 rings (SSSR count). The molecule has 3 nitrogen and oxygen atoms in total. The molecule has 1 aliphatic rings. The van der Waals surface area contributed by atoms with Gasteiger partial charge in [0.05, 0.1) is 0 Å². The first-order valence-corrected chi connectivity index (χ1v) is 5.12. The van der Waals surface area contributed by atoms with E-state index in [1.54, 1.807) is 0 Å². The van der Waals surface area contributed by atoms with Gasteiger partial charge in [-0.1, -0.05) is 29.8 Å². The van der Waals surface area contributed by atoms with Gasteiger partial charge in [-0.2, -0.15) is 0 Å². The topological polar surface area (TPSA) is 29.5 Å². The highest BCUT2D eigenvalue weighted by Gasteiger charge is 2.29. The Bertz CT molecular complexity index is 358. The van der Waals surface area contributed by atoms with Crippen LogP contribution in [0.2, 0.25) is 0 Å². The van der Waals surface area contributed by atoms with Crippen LogP contribution in [-0.4, -0.2) is 31.1 Å². The molecule has 0 spiro atoms. The zero-order valence-corrected chi connectivity index (χ0v) is 9.06. The molecule has 1 fully saturated rings. The zero-order chi connectivity index (χ0) is 10.8. The van der Waals surface area contributed by atoms with Crippen molar-refractivity contribution in [1.82, 2.24) is 4.90 Å². The number of rotatable bonds is 1. The van der Waals surface area contributed by atoms with Gasteiger partial charge in [-0.15, -0.1) is 0 Å². The minimum atomic E-state index is -0.237. The molecular weight excluding hydrogens is 190 g/mol. The van der Waals surface area contributed by atoms with Gasteiger partial charge in [0.25, 0.3) is 0 Å². The first-order chi connectivity index (χ1) is 7.18. The van der Waals surface area contributed by atoms with E-state index < -0.39 is 0 Å². The molecule has 0 saturated carbocycles. The molecule has 0 amide bonds. The molecule has 15 heavy (non-hydrogen) atoms. The third-order valence-corrected chi connectivity index (χ3v) is 2.75. The maximum Gasteiger partial charge on any atom is 0.328 e. The molecule has 1 aromatic carbocycles. The van der Waals surface area contributed by atoms with Gasteiger partial charge in [0, 0.05) is 6.54 Å². The number of esters is 1. The summed E-state index contributed by atoms with van der Waals surface area (Å²) in [5, 5.41) is 0. The van der Waals surface area contributed by atoms with Crippen molar-refractivity contribution in [3.63, 3.8) is 0 Å². The van der Waals surface area contributed by atoms with Crippen LogP contribution in [0, 0.1) is 6.92 Å².